The highest BCUT2D eigenvalue weighted by Gasteiger charge is 2.08. The van der Waals surface area contributed by atoms with E-state index in [0.29, 0.717) is 12.1 Å². The van der Waals surface area contributed by atoms with E-state index in [-0.39, 0.29) is 5.91 Å². The van der Waals surface area contributed by atoms with Crippen molar-refractivity contribution in [2.24, 2.45) is 5.84 Å². The molecule has 4 N–H and O–H groups in total. The normalized spacial score (nSPS) is 10.5. The zero-order valence-electron chi connectivity index (χ0n) is 11.3. The predicted octanol–water partition coefficient (Wildman–Crippen LogP) is 0.962. The highest BCUT2D eigenvalue weighted by atomic mass is 16.1. The molecule has 1 aromatic rings. The maximum absolute atomic E-state index is 11.9. The number of hydrogen-bond donors (Lipinski definition) is 3. The Kier molecular flexibility index (Phi) is 5.61. The number of hydrazine groups is 1. The predicted molar refractivity (Wildman–Crippen MR) is 74.5 cm³/mol. The largest absolute Gasteiger partial charge is 0.352 e. The Morgan fingerprint density at radius 1 is 1.39 bits per heavy atom. The van der Waals surface area contributed by atoms with Crippen molar-refractivity contribution in [3.05, 3.63) is 29.3 Å². The molecule has 5 heteroatoms. The van der Waals surface area contributed by atoms with Gasteiger partial charge in [0, 0.05) is 17.8 Å². The van der Waals surface area contributed by atoms with Crippen LogP contribution >= 0.6 is 0 Å². The number of carbonyl (C=O) groups excluding carboxylic acids is 1. The zero-order chi connectivity index (χ0) is 13.5. The van der Waals surface area contributed by atoms with Crippen LogP contribution in [0.1, 0.15) is 22.3 Å². The number of nitrogens with zero attached hydrogens (tertiary/aromatic N) is 1. The molecular formula is C13H22N4O. The lowest BCUT2D eigenvalue weighted by molar-refractivity contribution is 0.0951. The summed E-state index contributed by atoms with van der Waals surface area (Å²) in [4.78, 5) is 14.0. The van der Waals surface area contributed by atoms with Crippen molar-refractivity contribution in [2.75, 3.05) is 32.6 Å². The van der Waals surface area contributed by atoms with Crippen LogP contribution in [-0.4, -0.2) is 38.0 Å². The summed E-state index contributed by atoms with van der Waals surface area (Å²) in [5, 5.41) is 2.92. The summed E-state index contributed by atoms with van der Waals surface area (Å²) >= 11 is 0. The minimum Gasteiger partial charge on any atom is -0.352 e. The van der Waals surface area contributed by atoms with Gasteiger partial charge in [-0.15, -0.1) is 0 Å². The van der Waals surface area contributed by atoms with E-state index in [1.165, 1.54) is 0 Å². The quantitative estimate of drug-likeness (QED) is 0.399. The van der Waals surface area contributed by atoms with Crippen LogP contribution in [0.25, 0.3) is 0 Å². The Morgan fingerprint density at radius 3 is 2.67 bits per heavy atom. The van der Waals surface area contributed by atoms with Gasteiger partial charge in [-0.3, -0.25) is 10.6 Å². The third kappa shape index (κ3) is 4.35. The number of carbonyl (C=O) groups is 1. The Balaban J connectivity index is 2.51. The molecule has 5 nitrogen and oxygen atoms in total. The van der Waals surface area contributed by atoms with Crippen molar-refractivity contribution < 1.29 is 4.79 Å². The Morgan fingerprint density at radius 2 is 2.11 bits per heavy atom. The second-order valence-corrected chi connectivity index (χ2v) is 4.59. The monoisotopic (exact) mass is 250 g/mol. The third-order valence-corrected chi connectivity index (χ3v) is 2.71. The van der Waals surface area contributed by atoms with E-state index in [2.05, 4.69) is 15.6 Å². The fourth-order valence-corrected chi connectivity index (χ4v) is 1.70. The van der Waals surface area contributed by atoms with E-state index in [0.717, 1.165) is 24.2 Å². The van der Waals surface area contributed by atoms with Gasteiger partial charge in [-0.1, -0.05) is 0 Å². The van der Waals surface area contributed by atoms with Gasteiger partial charge in [0.25, 0.3) is 5.91 Å². The number of nitrogens with two attached hydrogens (primary N) is 1. The third-order valence-electron chi connectivity index (χ3n) is 2.71. The van der Waals surface area contributed by atoms with Gasteiger partial charge in [0.05, 0.1) is 0 Å². The average molecular weight is 250 g/mol. The van der Waals surface area contributed by atoms with Gasteiger partial charge in [0.1, 0.15) is 0 Å². The lowest BCUT2D eigenvalue weighted by Crippen LogP contribution is -2.27. The first kappa shape index (κ1) is 14.5. The van der Waals surface area contributed by atoms with Crippen molar-refractivity contribution in [3.8, 4) is 0 Å². The zero-order valence-corrected chi connectivity index (χ0v) is 11.3. The average Bonchev–Trinajstić information content (AvgIpc) is 2.33. The highest BCUT2D eigenvalue weighted by molar-refractivity contribution is 5.96. The van der Waals surface area contributed by atoms with E-state index < -0.39 is 0 Å². The molecule has 0 aliphatic carbocycles. The van der Waals surface area contributed by atoms with Gasteiger partial charge in [0.2, 0.25) is 0 Å². The van der Waals surface area contributed by atoms with E-state index in [1.54, 1.807) is 12.1 Å². The molecule has 18 heavy (non-hydrogen) atoms. The second-order valence-electron chi connectivity index (χ2n) is 4.59. The highest BCUT2D eigenvalue weighted by Crippen LogP contribution is 2.14. The van der Waals surface area contributed by atoms with Crippen LogP contribution in [0.4, 0.5) is 5.69 Å². The molecule has 0 aromatic heterocycles. The molecule has 0 fully saturated rings. The van der Waals surface area contributed by atoms with Crippen LogP contribution < -0.4 is 16.6 Å². The first-order chi connectivity index (χ1) is 8.54. The maximum Gasteiger partial charge on any atom is 0.251 e. The van der Waals surface area contributed by atoms with Gasteiger partial charge >= 0.3 is 0 Å². The fraction of sp³-hybridized carbons (Fsp3) is 0.462. The van der Waals surface area contributed by atoms with Crippen LogP contribution in [0.5, 0.6) is 0 Å². The molecule has 0 aliphatic rings. The SMILES string of the molecule is Cc1cc(NN)ccc1C(=O)NCCCN(C)C. The molecule has 1 amide bonds. The summed E-state index contributed by atoms with van der Waals surface area (Å²) in [6.45, 7) is 3.55. The number of anilines is 1. The van der Waals surface area contributed by atoms with E-state index >= 15 is 0 Å². The Bertz CT molecular complexity index is 404. The smallest absolute Gasteiger partial charge is 0.251 e. The molecular weight excluding hydrogens is 228 g/mol. The number of nitrogen functional groups attached to an aromatic ring is 1. The maximum atomic E-state index is 11.9. The molecule has 1 rings (SSSR count). The minimum atomic E-state index is -0.0326. The number of hydrogen-bond acceptors (Lipinski definition) is 4. The summed E-state index contributed by atoms with van der Waals surface area (Å²) in [7, 11) is 4.04. The minimum absolute atomic E-state index is 0.0326. The topological polar surface area (TPSA) is 70.4 Å². The van der Waals surface area contributed by atoms with Gasteiger partial charge in [0.15, 0.2) is 0 Å². The molecule has 0 radical (unpaired) electrons. The van der Waals surface area contributed by atoms with Crippen molar-refractivity contribution in [1.82, 2.24) is 10.2 Å². The second kappa shape index (κ2) is 6.98. The van der Waals surface area contributed by atoms with Crippen molar-refractivity contribution in [2.45, 2.75) is 13.3 Å². The van der Waals surface area contributed by atoms with Crippen LogP contribution in [0, 0.1) is 6.92 Å². The lowest BCUT2D eigenvalue weighted by atomic mass is 10.1. The number of rotatable bonds is 6. The first-order valence-corrected chi connectivity index (χ1v) is 6.05. The number of amides is 1. The summed E-state index contributed by atoms with van der Waals surface area (Å²) < 4.78 is 0. The van der Waals surface area contributed by atoms with Crippen LogP contribution in [0.3, 0.4) is 0 Å². The number of aryl methyl sites for hydroxylation is 1. The molecule has 0 aliphatic heterocycles. The van der Waals surface area contributed by atoms with Crippen molar-refractivity contribution in [1.29, 1.82) is 0 Å². The Hall–Kier alpha value is -1.59. The Labute approximate surface area is 108 Å². The number of nitrogens with one attached hydrogen (secondary N) is 2. The van der Waals surface area contributed by atoms with Gasteiger partial charge in [-0.25, -0.2) is 0 Å². The summed E-state index contributed by atoms with van der Waals surface area (Å²) in [6, 6.07) is 5.43. The van der Waals surface area contributed by atoms with E-state index in [4.69, 9.17) is 5.84 Å². The molecule has 0 saturated carbocycles. The molecule has 1 aromatic carbocycles. The molecule has 0 saturated heterocycles. The molecule has 0 unspecified atom stereocenters. The van der Waals surface area contributed by atoms with Crippen LogP contribution in [0.15, 0.2) is 18.2 Å². The van der Waals surface area contributed by atoms with Gasteiger partial charge < -0.3 is 15.6 Å². The summed E-state index contributed by atoms with van der Waals surface area (Å²) in [5.41, 5.74) is 4.97. The molecule has 0 bridgehead atoms. The van der Waals surface area contributed by atoms with Gasteiger partial charge in [-0.2, -0.15) is 0 Å². The summed E-state index contributed by atoms with van der Waals surface area (Å²) in [5.74, 6) is 5.28. The molecule has 0 spiro atoms. The fourth-order valence-electron chi connectivity index (χ4n) is 1.70. The first-order valence-electron chi connectivity index (χ1n) is 6.05. The molecule has 100 valence electrons. The molecule has 0 atom stereocenters. The molecule has 0 heterocycles. The standard InChI is InChI=1S/C13H22N4O/c1-10-9-11(16-14)5-6-12(10)13(18)15-7-4-8-17(2)3/h5-6,9,16H,4,7-8,14H2,1-3H3,(H,15,18). The van der Waals surface area contributed by atoms with E-state index in [1.807, 2.05) is 27.1 Å². The van der Waals surface area contributed by atoms with Crippen LogP contribution in [-0.2, 0) is 0 Å². The number of benzene rings is 1. The lowest BCUT2D eigenvalue weighted by Gasteiger charge is -2.11. The van der Waals surface area contributed by atoms with Gasteiger partial charge in [-0.05, 0) is 57.7 Å². The van der Waals surface area contributed by atoms with Crippen molar-refractivity contribution in [3.63, 3.8) is 0 Å². The summed E-state index contributed by atoms with van der Waals surface area (Å²) in [6.07, 6.45) is 0.945. The van der Waals surface area contributed by atoms with Crippen molar-refractivity contribution >= 4 is 11.6 Å². The van der Waals surface area contributed by atoms with E-state index in [9.17, 15) is 4.79 Å². The van der Waals surface area contributed by atoms with Crippen LogP contribution in [0.2, 0.25) is 0 Å².